The molecule has 1 saturated heterocycles. The van der Waals surface area contributed by atoms with Gasteiger partial charge in [-0.3, -0.25) is 9.69 Å². The van der Waals surface area contributed by atoms with Gasteiger partial charge < -0.3 is 19.1 Å². The molecule has 1 aliphatic heterocycles. The topological polar surface area (TPSA) is 63.9 Å². The van der Waals surface area contributed by atoms with E-state index in [4.69, 9.17) is 9.47 Å². The normalized spacial score (nSPS) is 16.0. The van der Waals surface area contributed by atoms with E-state index in [1.165, 1.54) is 0 Å². The molecule has 1 atom stereocenters. The van der Waals surface area contributed by atoms with Crippen LogP contribution in [0, 0.1) is 6.92 Å². The first kappa shape index (κ1) is 20.6. The van der Waals surface area contributed by atoms with Crippen LogP contribution in [0.15, 0.2) is 48.5 Å². The van der Waals surface area contributed by atoms with Crippen LogP contribution in [0.2, 0.25) is 0 Å². The fraction of sp³-hybridized carbons (Fsp3) is 0.375. The summed E-state index contributed by atoms with van der Waals surface area (Å²) < 4.78 is 13.3. The minimum Gasteiger partial charge on any atom is -0.491 e. The number of Topliss-reactive ketones (excluding diaryl/α,β-unsaturated/α-hetero) is 1. The van der Waals surface area contributed by atoms with E-state index in [9.17, 15) is 9.90 Å². The Bertz CT molecular complexity index is 1020. The number of β-amino-alcohol motifs (C(OH)–C–C–N with tert-alkyl or cyclic N) is 1. The van der Waals surface area contributed by atoms with Crippen molar-refractivity contribution in [2.24, 2.45) is 0 Å². The Morgan fingerprint density at radius 3 is 2.60 bits per heavy atom. The van der Waals surface area contributed by atoms with E-state index in [1.807, 2.05) is 55.5 Å². The second kappa shape index (κ2) is 9.00. The zero-order chi connectivity index (χ0) is 21.1. The Balaban J connectivity index is 1.57. The number of aromatic nitrogens is 1. The van der Waals surface area contributed by atoms with Crippen molar-refractivity contribution in [3.8, 4) is 11.4 Å². The Morgan fingerprint density at radius 2 is 1.90 bits per heavy atom. The van der Waals surface area contributed by atoms with Crippen molar-refractivity contribution < 1.29 is 19.4 Å². The fourth-order valence-electron chi connectivity index (χ4n) is 4.17. The lowest BCUT2D eigenvalue weighted by Crippen LogP contribution is -2.42. The number of nitrogens with zero attached hydrogens (tertiary/aromatic N) is 2. The molecule has 1 aliphatic rings. The van der Waals surface area contributed by atoms with Crippen LogP contribution in [-0.2, 0) is 4.74 Å². The van der Waals surface area contributed by atoms with Gasteiger partial charge in [0.2, 0.25) is 0 Å². The first-order chi connectivity index (χ1) is 14.5. The summed E-state index contributed by atoms with van der Waals surface area (Å²) in [6.07, 6.45) is -0.582. The van der Waals surface area contributed by atoms with E-state index in [0.29, 0.717) is 31.1 Å². The number of hydrogen-bond donors (Lipinski definition) is 1. The minimum atomic E-state index is -0.582. The Kier molecular flexibility index (Phi) is 6.18. The van der Waals surface area contributed by atoms with E-state index in [1.54, 1.807) is 6.92 Å². The number of para-hydroxylation sites is 1. The number of hydrogen-bond acceptors (Lipinski definition) is 5. The number of benzene rings is 2. The molecular formula is C24H28N2O4. The second-order valence-electron chi connectivity index (χ2n) is 7.74. The number of aliphatic hydroxyl groups excluding tert-OH is 1. The maximum atomic E-state index is 12.4. The molecule has 4 rings (SSSR count). The monoisotopic (exact) mass is 408 g/mol. The molecular weight excluding hydrogens is 380 g/mol. The van der Waals surface area contributed by atoms with Crippen LogP contribution < -0.4 is 4.74 Å². The quantitative estimate of drug-likeness (QED) is 0.608. The zero-order valence-electron chi connectivity index (χ0n) is 17.5. The van der Waals surface area contributed by atoms with E-state index in [-0.39, 0.29) is 12.4 Å². The first-order valence-electron chi connectivity index (χ1n) is 10.4. The number of rotatable bonds is 7. The molecule has 3 aromatic rings. The maximum Gasteiger partial charge on any atom is 0.162 e. The molecule has 0 aliphatic carbocycles. The molecule has 2 heterocycles. The molecule has 0 unspecified atom stereocenters. The number of morpholine rings is 1. The molecule has 6 heteroatoms. The van der Waals surface area contributed by atoms with Gasteiger partial charge in [0.05, 0.1) is 18.7 Å². The number of ether oxygens (including phenoxy) is 2. The molecule has 6 nitrogen and oxygen atoms in total. The summed E-state index contributed by atoms with van der Waals surface area (Å²) in [5, 5.41) is 11.2. The van der Waals surface area contributed by atoms with Crippen molar-refractivity contribution in [3.05, 3.63) is 59.8 Å². The number of aliphatic hydroxyl groups is 1. The van der Waals surface area contributed by atoms with Crippen LogP contribution in [-0.4, -0.2) is 65.9 Å². The van der Waals surface area contributed by atoms with E-state index < -0.39 is 6.10 Å². The molecule has 0 saturated carbocycles. The van der Waals surface area contributed by atoms with Gasteiger partial charge in [-0.2, -0.15) is 0 Å². The fourth-order valence-corrected chi connectivity index (χ4v) is 4.17. The van der Waals surface area contributed by atoms with Crippen LogP contribution in [0.3, 0.4) is 0 Å². The van der Waals surface area contributed by atoms with Gasteiger partial charge in [-0.1, -0.05) is 18.2 Å². The van der Waals surface area contributed by atoms with Crippen LogP contribution >= 0.6 is 0 Å². The van der Waals surface area contributed by atoms with Gasteiger partial charge in [0.1, 0.15) is 18.5 Å². The highest BCUT2D eigenvalue weighted by Gasteiger charge is 2.20. The van der Waals surface area contributed by atoms with E-state index in [0.717, 1.165) is 35.4 Å². The first-order valence-corrected chi connectivity index (χ1v) is 10.4. The van der Waals surface area contributed by atoms with Crippen LogP contribution in [0.25, 0.3) is 16.6 Å². The number of ketones is 1. The van der Waals surface area contributed by atoms with E-state index >= 15 is 0 Å². The van der Waals surface area contributed by atoms with Gasteiger partial charge in [-0.05, 0) is 44.2 Å². The van der Waals surface area contributed by atoms with Crippen LogP contribution in [0.1, 0.15) is 23.0 Å². The summed E-state index contributed by atoms with van der Waals surface area (Å²) in [5.74, 6) is 0.674. The summed E-state index contributed by atoms with van der Waals surface area (Å²) in [7, 11) is 0. The van der Waals surface area contributed by atoms with Crippen molar-refractivity contribution >= 4 is 16.7 Å². The molecule has 0 amide bonds. The van der Waals surface area contributed by atoms with E-state index in [2.05, 4.69) is 9.47 Å². The van der Waals surface area contributed by atoms with Gasteiger partial charge in [-0.15, -0.1) is 0 Å². The van der Waals surface area contributed by atoms with Crippen molar-refractivity contribution in [1.82, 2.24) is 9.47 Å². The third kappa shape index (κ3) is 4.26. The molecule has 0 bridgehead atoms. The Morgan fingerprint density at radius 1 is 1.17 bits per heavy atom. The molecule has 158 valence electrons. The molecule has 1 aromatic heterocycles. The number of carbonyl (C=O) groups is 1. The predicted molar refractivity (Wildman–Crippen MR) is 117 cm³/mol. The van der Waals surface area contributed by atoms with Gasteiger partial charge in [-0.25, -0.2) is 0 Å². The molecule has 1 fully saturated rings. The average Bonchev–Trinajstić information content (AvgIpc) is 3.04. The minimum absolute atomic E-state index is 0.0247. The van der Waals surface area contributed by atoms with Crippen LogP contribution in [0.4, 0.5) is 0 Å². The van der Waals surface area contributed by atoms with Gasteiger partial charge in [0, 0.05) is 42.0 Å². The highest BCUT2D eigenvalue weighted by molar-refractivity contribution is 6.09. The third-order valence-corrected chi connectivity index (χ3v) is 5.56. The Hall–Kier alpha value is -2.67. The highest BCUT2D eigenvalue weighted by atomic mass is 16.5. The van der Waals surface area contributed by atoms with Crippen molar-refractivity contribution in [2.45, 2.75) is 20.0 Å². The molecule has 30 heavy (non-hydrogen) atoms. The largest absolute Gasteiger partial charge is 0.491 e. The van der Waals surface area contributed by atoms with Gasteiger partial charge in [0.15, 0.2) is 5.78 Å². The lowest BCUT2D eigenvalue weighted by Gasteiger charge is -2.28. The van der Waals surface area contributed by atoms with Crippen LogP contribution in [0.5, 0.6) is 5.75 Å². The van der Waals surface area contributed by atoms with Gasteiger partial charge >= 0.3 is 0 Å². The lowest BCUT2D eigenvalue weighted by atomic mass is 10.1. The standard InChI is InChI=1S/C24H28N2O4/c1-17-24(18(2)27)22-14-21(30-16-20(28)15-25-10-12-29-13-11-25)8-9-23(22)26(17)19-6-4-3-5-7-19/h3-9,14,20,28H,10-13,15-16H2,1-2H3/t20-/m0/s1. The number of fused-ring (bicyclic) bond motifs is 1. The Labute approximate surface area is 176 Å². The average molecular weight is 408 g/mol. The molecule has 2 aromatic carbocycles. The molecule has 1 N–H and O–H groups in total. The summed E-state index contributed by atoms with van der Waals surface area (Å²) in [4.78, 5) is 14.6. The SMILES string of the molecule is CC(=O)c1c(C)n(-c2ccccc2)c2ccc(OC[C@@H](O)CN3CCOCC3)cc12. The summed E-state index contributed by atoms with van der Waals surface area (Å²) in [6, 6.07) is 15.8. The highest BCUT2D eigenvalue weighted by Crippen LogP contribution is 2.32. The van der Waals surface area contributed by atoms with Gasteiger partial charge in [0.25, 0.3) is 0 Å². The van der Waals surface area contributed by atoms with Crippen molar-refractivity contribution in [2.75, 3.05) is 39.5 Å². The zero-order valence-corrected chi connectivity index (χ0v) is 17.5. The summed E-state index contributed by atoms with van der Waals surface area (Å²) in [6.45, 7) is 7.40. The third-order valence-electron chi connectivity index (χ3n) is 5.56. The maximum absolute atomic E-state index is 12.4. The number of carbonyl (C=O) groups excluding carboxylic acids is 1. The molecule has 0 radical (unpaired) electrons. The summed E-state index contributed by atoms with van der Waals surface area (Å²) >= 11 is 0. The molecule has 0 spiro atoms. The lowest BCUT2D eigenvalue weighted by molar-refractivity contribution is 0.00466. The smallest absolute Gasteiger partial charge is 0.162 e. The van der Waals surface area contributed by atoms with Crippen molar-refractivity contribution in [3.63, 3.8) is 0 Å². The second-order valence-corrected chi connectivity index (χ2v) is 7.74. The predicted octanol–water partition coefficient (Wildman–Crippen LogP) is 3.21. The summed E-state index contributed by atoms with van der Waals surface area (Å²) in [5.41, 5.74) is 3.59. The van der Waals surface area contributed by atoms with Crippen molar-refractivity contribution in [1.29, 1.82) is 0 Å².